The van der Waals surface area contributed by atoms with Crippen LogP contribution in [0.5, 0.6) is 0 Å². The summed E-state index contributed by atoms with van der Waals surface area (Å²) < 4.78 is 116. The van der Waals surface area contributed by atoms with E-state index in [4.69, 9.17) is 65.8 Å². The number of carbonyl (C=O) groups excluding carboxylic acids is 8. The molecule has 5 aliphatic rings. The summed E-state index contributed by atoms with van der Waals surface area (Å²) in [5, 5.41) is 16.6. The van der Waals surface area contributed by atoms with Crippen molar-refractivity contribution in [3.05, 3.63) is 71.8 Å². The molecule has 7 rings (SSSR count). The third-order valence-electron chi connectivity index (χ3n) is 15.6. The largest absolute Gasteiger partial charge is 0.451 e. The predicted molar refractivity (Wildman–Crippen MR) is 353 cm³/mol. The summed E-state index contributed by atoms with van der Waals surface area (Å²) in [5.74, 6) is -4.16. The van der Waals surface area contributed by atoms with E-state index >= 15 is 4.79 Å². The lowest BCUT2D eigenvalue weighted by Crippen LogP contribution is -2.73. The summed E-state index contributed by atoms with van der Waals surface area (Å²) in [6, 6.07) is 9.69. The van der Waals surface area contributed by atoms with Gasteiger partial charge in [0.2, 0.25) is 0 Å². The topological polar surface area (TPSA) is 372 Å². The van der Waals surface area contributed by atoms with E-state index in [1.165, 1.54) is 24.3 Å². The monoisotopic (exact) mass is 1420 g/mol. The maximum absolute atomic E-state index is 15.5. The van der Waals surface area contributed by atoms with Crippen LogP contribution >= 0.6 is 0 Å². The first-order valence-electron chi connectivity index (χ1n) is 33.6. The number of ether oxygens (including phenoxy) is 13. The zero-order valence-corrected chi connectivity index (χ0v) is 60.4. The van der Waals surface area contributed by atoms with E-state index in [-0.39, 0.29) is 43.7 Å². The number of esters is 2. The third-order valence-corrected chi connectivity index (χ3v) is 16.1. The maximum atomic E-state index is 15.5. The summed E-state index contributed by atoms with van der Waals surface area (Å²) in [6.07, 6.45) is -17.8. The van der Waals surface area contributed by atoms with Crippen LogP contribution in [0.2, 0.25) is 0 Å². The van der Waals surface area contributed by atoms with Gasteiger partial charge in [0.05, 0.1) is 48.2 Å². The van der Waals surface area contributed by atoms with Gasteiger partial charge in [0, 0.05) is 32.4 Å². The Labute approximate surface area is 579 Å². The molecular weight excluding hydrogens is 1320 g/mol. The standard InChI is InChI=1S/C68H102N6O24S/c1-63(2,3)93-58(78)69-35-32-45(87-54(76)39-26-20-17-21-27-39)53(75)71-43-36-44(73-61(81)96-66(10,11)12)49(90-56-42(72-60(80)95-65(7,8)9)31-30-41(86-56)37-70-59(79)94-64(4,5)6)52(98-99(16,83)84)48(43)91-57-51(89-55(77)40-28-22-18-23-29-40)47(74-62(82)97-67(13,14)15)50-46(88-57)38-85-68(92-50)33-24-19-25-34-68/h17-18,20-23,26-29,41-52,56-57H,19,24-25,30-38H2,1-16H3,(H,69,78)(H,70,79)(H,71,75)(H,72,80)(H,73,81)(H,74,82)/t41?,42?,43-,44+,45+,46?,47+,48-,49?,50+,51?,52?,56+,57+/m1/s1. The van der Waals surface area contributed by atoms with E-state index in [9.17, 15) is 42.0 Å². The Kier molecular flexibility index (Phi) is 26.5. The Morgan fingerprint density at radius 3 is 1.57 bits per heavy atom. The third kappa shape index (κ3) is 25.5. The molecule has 2 aliphatic carbocycles. The number of nitrogens with one attached hydrogen (secondary N) is 6. The van der Waals surface area contributed by atoms with Gasteiger partial charge in [0.25, 0.3) is 16.0 Å². The summed E-state index contributed by atoms with van der Waals surface area (Å²) in [4.78, 5) is 113. The molecule has 6 unspecified atom stereocenters. The molecule has 0 aromatic heterocycles. The Morgan fingerprint density at radius 2 is 1.03 bits per heavy atom. The predicted octanol–water partition coefficient (Wildman–Crippen LogP) is 7.87. The molecule has 6 N–H and O–H groups in total. The van der Waals surface area contributed by atoms with Crippen molar-refractivity contribution in [1.82, 2.24) is 31.9 Å². The van der Waals surface area contributed by atoms with E-state index < -0.39 is 191 Å². The van der Waals surface area contributed by atoms with Crippen LogP contribution in [-0.4, -0.2) is 202 Å². The van der Waals surface area contributed by atoms with Gasteiger partial charge < -0.3 is 93.5 Å². The average Bonchev–Trinajstić information content (AvgIpc) is 0.742. The fraction of sp³-hybridized carbons (Fsp3) is 0.706. The smallest absolute Gasteiger partial charge is 0.408 e. The van der Waals surface area contributed by atoms with Crippen LogP contribution in [0.15, 0.2) is 60.7 Å². The van der Waals surface area contributed by atoms with Crippen molar-refractivity contribution < 1.29 is 113 Å². The second-order valence-electron chi connectivity index (χ2n) is 30.2. The van der Waals surface area contributed by atoms with Gasteiger partial charge in [-0.3, -0.25) is 8.98 Å². The van der Waals surface area contributed by atoms with Gasteiger partial charge in [-0.25, -0.2) is 33.6 Å². The number of amides is 6. The van der Waals surface area contributed by atoms with Gasteiger partial charge in [-0.15, -0.1) is 0 Å². The highest BCUT2D eigenvalue weighted by molar-refractivity contribution is 7.86. The number of fused-ring (bicyclic) bond motifs is 1. The van der Waals surface area contributed by atoms with Crippen molar-refractivity contribution >= 4 is 58.4 Å². The molecule has 14 atom stereocenters. The number of benzene rings is 2. The number of hydrogen-bond acceptors (Lipinski definition) is 24. The van der Waals surface area contributed by atoms with Gasteiger partial charge >= 0.3 is 42.4 Å². The fourth-order valence-electron chi connectivity index (χ4n) is 11.7. The van der Waals surface area contributed by atoms with E-state index in [1.807, 2.05) is 0 Å². The highest BCUT2D eigenvalue weighted by Gasteiger charge is 2.60. The zero-order valence-electron chi connectivity index (χ0n) is 59.5. The minimum Gasteiger partial charge on any atom is -0.451 e. The normalized spacial score (nSPS) is 26.8. The second-order valence-corrected chi connectivity index (χ2v) is 31.8. The lowest BCUT2D eigenvalue weighted by molar-refractivity contribution is -0.388. The van der Waals surface area contributed by atoms with Crippen molar-refractivity contribution in [2.75, 3.05) is 26.0 Å². The molecule has 1 spiro atoms. The molecule has 0 radical (unpaired) electrons. The van der Waals surface area contributed by atoms with E-state index in [0.717, 1.165) is 19.3 Å². The van der Waals surface area contributed by atoms with E-state index in [0.29, 0.717) is 19.1 Å². The van der Waals surface area contributed by atoms with Gasteiger partial charge in [0.1, 0.15) is 64.6 Å². The molecule has 30 nitrogen and oxygen atoms in total. The number of hydrogen-bond donors (Lipinski definition) is 6. The Hall–Kier alpha value is -7.13. The first-order valence-corrected chi connectivity index (χ1v) is 35.4. The zero-order chi connectivity index (χ0) is 73.1. The summed E-state index contributed by atoms with van der Waals surface area (Å²) >= 11 is 0. The van der Waals surface area contributed by atoms with Crippen LogP contribution in [0.4, 0.5) is 24.0 Å². The van der Waals surface area contributed by atoms with Crippen LogP contribution in [0, 0.1) is 0 Å². The average molecular weight is 1420 g/mol. The number of rotatable bonds is 20. The Balaban J connectivity index is 1.43. The molecule has 2 aromatic carbocycles. The molecule has 5 fully saturated rings. The molecule has 6 amide bonds. The highest BCUT2D eigenvalue weighted by Crippen LogP contribution is 2.43. The summed E-state index contributed by atoms with van der Waals surface area (Å²) in [6.45, 7) is 23.9. The SMILES string of the molecule is CC(C)(C)OC(=O)NCC[C@H](OC(=O)c1ccccc1)C(=O)N[C@@H]1C[C@H](NC(=O)OC(C)(C)C)C(O[C@@H]2OC(CNC(=O)OC(C)(C)C)CCC2NC(=O)OC(C)(C)C)C(OS(C)(=O)=O)[C@@H]1O[C@@H]1OC2COC3(CCCCC3)O[C@@H]2[C@H](NC(=O)OC(C)(C)C)C1OC(=O)c1ccccc1. The van der Waals surface area contributed by atoms with Gasteiger partial charge in [0.15, 0.2) is 30.6 Å². The molecule has 99 heavy (non-hydrogen) atoms. The van der Waals surface area contributed by atoms with E-state index in [1.54, 1.807) is 140 Å². The molecule has 3 aliphatic heterocycles. The Morgan fingerprint density at radius 1 is 0.545 bits per heavy atom. The van der Waals surface area contributed by atoms with Crippen LogP contribution in [0.1, 0.15) is 182 Å². The quantitative estimate of drug-likeness (QED) is 0.0417. The second kappa shape index (κ2) is 33.1. The molecular formula is C68H102N6O24S. The van der Waals surface area contributed by atoms with Crippen LogP contribution in [0.25, 0.3) is 0 Å². The molecule has 31 heteroatoms. The van der Waals surface area contributed by atoms with Crippen molar-refractivity contribution in [2.24, 2.45) is 0 Å². The molecule has 554 valence electrons. The first kappa shape index (κ1) is 79.2. The molecule has 3 heterocycles. The molecule has 0 bridgehead atoms. The van der Waals surface area contributed by atoms with E-state index in [2.05, 4.69) is 31.9 Å². The van der Waals surface area contributed by atoms with Crippen LogP contribution < -0.4 is 31.9 Å². The lowest BCUT2D eigenvalue weighted by Gasteiger charge is -2.54. The molecule has 2 aromatic rings. The van der Waals surface area contributed by atoms with Gasteiger partial charge in [-0.05, 0) is 160 Å². The minimum atomic E-state index is -4.81. The van der Waals surface area contributed by atoms with Crippen LogP contribution in [0.3, 0.4) is 0 Å². The first-order chi connectivity index (χ1) is 46.0. The molecule has 3 saturated heterocycles. The van der Waals surface area contributed by atoms with Crippen LogP contribution in [-0.2, 0) is 80.7 Å². The summed E-state index contributed by atoms with van der Waals surface area (Å²) in [7, 11) is -4.81. The highest BCUT2D eigenvalue weighted by atomic mass is 32.2. The number of alkyl carbamates (subject to hydrolysis) is 5. The molecule has 2 saturated carbocycles. The number of carbonyl (C=O) groups is 8. The maximum Gasteiger partial charge on any atom is 0.408 e. The minimum absolute atomic E-state index is 0.0354. The van der Waals surface area contributed by atoms with Crippen molar-refractivity contribution in [1.29, 1.82) is 0 Å². The lowest BCUT2D eigenvalue weighted by atomic mass is 9.82. The van der Waals surface area contributed by atoms with Gasteiger partial charge in [-0.2, -0.15) is 8.42 Å². The Bertz CT molecular complexity index is 3200. The summed E-state index contributed by atoms with van der Waals surface area (Å²) in [5.41, 5.74) is -5.02. The van der Waals surface area contributed by atoms with Crippen molar-refractivity contribution in [3.63, 3.8) is 0 Å². The van der Waals surface area contributed by atoms with Crippen molar-refractivity contribution in [3.8, 4) is 0 Å². The van der Waals surface area contributed by atoms with Gasteiger partial charge in [-0.1, -0.05) is 42.8 Å². The fourth-order valence-corrected chi connectivity index (χ4v) is 12.3. The van der Waals surface area contributed by atoms with Crippen molar-refractivity contribution in [2.45, 2.75) is 281 Å².